The molecule has 0 unspecified atom stereocenters. The van der Waals surface area contributed by atoms with Crippen LogP contribution in [0.2, 0.25) is 0 Å². The smallest absolute Gasteiger partial charge is 0.245 e. The lowest BCUT2D eigenvalue weighted by Gasteiger charge is -2.27. The summed E-state index contributed by atoms with van der Waals surface area (Å²) in [5, 5.41) is 9.98. The first kappa shape index (κ1) is 10.3. The number of aliphatic hydroxyl groups is 1. The number of likely N-dealkylation sites (N-methyl/N-ethyl adjacent to an activating group) is 1. The first-order chi connectivity index (χ1) is 6.07. The molecule has 0 aliphatic heterocycles. The van der Waals surface area contributed by atoms with Gasteiger partial charge in [-0.15, -0.1) is 0 Å². The lowest BCUT2D eigenvalue weighted by Crippen LogP contribution is -2.41. The van der Waals surface area contributed by atoms with Crippen LogP contribution in [0, 0.1) is 0 Å². The normalized spacial score (nSPS) is 19.8. The number of carbonyl (C=O) groups excluding carboxylic acids is 1. The summed E-state index contributed by atoms with van der Waals surface area (Å²) < 4.78 is 0. The van der Waals surface area contributed by atoms with Gasteiger partial charge in [0.1, 0.15) is 0 Å². The number of carbonyl (C=O) groups is 1. The highest BCUT2D eigenvalue weighted by atomic mass is 16.3. The SMILES string of the molecule is C=CC(=O)N(C)CC1(O)CCCC1. The Balaban J connectivity index is 2.47. The molecule has 1 N–H and O–H groups in total. The standard InChI is InChI=1S/C10H17NO2/c1-3-9(12)11(2)8-10(13)6-4-5-7-10/h3,13H,1,4-8H2,2H3. The molecule has 1 rings (SSSR count). The van der Waals surface area contributed by atoms with Crippen LogP contribution in [0.1, 0.15) is 25.7 Å². The fourth-order valence-corrected chi connectivity index (χ4v) is 1.87. The van der Waals surface area contributed by atoms with Gasteiger partial charge in [0.25, 0.3) is 0 Å². The Kier molecular flexibility index (Phi) is 3.09. The van der Waals surface area contributed by atoms with E-state index in [2.05, 4.69) is 6.58 Å². The third-order valence-corrected chi connectivity index (χ3v) is 2.62. The van der Waals surface area contributed by atoms with Crippen LogP contribution in [-0.4, -0.2) is 35.1 Å². The molecule has 0 aromatic heterocycles. The molecule has 0 saturated heterocycles. The van der Waals surface area contributed by atoms with Crippen molar-refractivity contribution in [3.63, 3.8) is 0 Å². The summed E-state index contributed by atoms with van der Waals surface area (Å²) in [5.41, 5.74) is -0.645. The Hall–Kier alpha value is -0.830. The fraction of sp³-hybridized carbons (Fsp3) is 0.700. The van der Waals surface area contributed by atoms with Crippen molar-refractivity contribution in [2.24, 2.45) is 0 Å². The van der Waals surface area contributed by atoms with Gasteiger partial charge in [0.2, 0.25) is 5.91 Å². The summed E-state index contributed by atoms with van der Waals surface area (Å²) in [6.45, 7) is 3.83. The molecule has 1 amide bonds. The van der Waals surface area contributed by atoms with E-state index in [1.54, 1.807) is 7.05 Å². The van der Waals surface area contributed by atoms with Crippen molar-refractivity contribution in [2.45, 2.75) is 31.3 Å². The van der Waals surface area contributed by atoms with Crippen molar-refractivity contribution < 1.29 is 9.90 Å². The Labute approximate surface area is 79.0 Å². The van der Waals surface area contributed by atoms with Crippen molar-refractivity contribution in [3.05, 3.63) is 12.7 Å². The monoisotopic (exact) mass is 183 g/mol. The average molecular weight is 183 g/mol. The quantitative estimate of drug-likeness (QED) is 0.661. The molecule has 0 radical (unpaired) electrons. The van der Waals surface area contributed by atoms with Gasteiger partial charge in [-0.1, -0.05) is 19.4 Å². The molecule has 0 aromatic rings. The molecule has 13 heavy (non-hydrogen) atoms. The van der Waals surface area contributed by atoms with Crippen LogP contribution in [0.25, 0.3) is 0 Å². The Morgan fingerprint density at radius 2 is 2.15 bits per heavy atom. The molecular weight excluding hydrogens is 166 g/mol. The number of hydrogen-bond donors (Lipinski definition) is 1. The molecule has 1 saturated carbocycles. The molecule has 0 bridgehead atoms. The van der Waals surface area contributed by atoms with Crippen molar-refractivity contribution in [1.29, 1.82) is 0 Å². The van der Waals surface area contributed by atoms with Gasteiger partial charge in [-0.25, -0.2) is 0 Å². The van der Waals surface area contributed by atoms with Gasteiger partial charge in [0.15, 0.2) is 0 Å². The average Bonchev–Trinajstić information content (AvgIpc) is 2.50. The van der Waals surface area contributed by atoms with E-state index < -0.39 is 5.60 Å². The first-order valence-electron chi connectivity index (χ1n) is 4.67. The topological polar surface area (TPSA) is 40.5 Å². The van der Waals surface area contributed by atoms with E-state index in [0.29, 0.717) is 6.54 Å². The second-order valence-corrected chi connectivity index (χ2v) is 3.83. The van der Waals surface area contributed by atoms with Gasteiger partial charge in [-0.2, -0.15) is 0 Å². The highest BCUT2D eigenvalue weighted by Gasteiger charge is 2.32. The summed E-state index contributed by atoms with van der Waals surface area (Å²) in [6, 6.07) is 0. The van der Waals surface area contributed by atoms with Crippen LogP contribution in [-0.2, 0) is 4.79 Å². The van der Waals surface area contributed by atoms with E-state index in [9.17, 15) is 9.90 Å². The molecule has 1 aliphatic rings. The number of rotatable bonds is 3. The van der Waals surface area contributed by atoms with E-state index in [-0.39, 0.29) is 5.91 Å². The summed E-state index contributed by atoms with van der Waals surface area (Å²) in [4.78, 5) is 12.7. The first-order valence-corrected chi connectivity index (χ1v) is 4.67. The third-order valence-electron chi connectivity index (χ3n) is 2.62. The van der Waals surface area contributed by atoms with Gasteiger partial charge in [-0.3, -0.25) is 4.79 Å². The maximum Gasteiger partial charge on any atom is 0.245 e. The minimum Gasteiger partial charge on any atom is -0.388 e. The van der Waals surface area contributed by atoms with Crippen LogP contribution in [0.3, 0.4) is 0 Å². The predicted molar refractivity (Wildman–Crippen MR) is 51.3 cm³/mol. The second-order valence-electron chi connectivity index (χ2n) is 3.83. The van der Waals surface area contributed by atoms with Gasteiger partial charge in [-0.05, 0) is 18.9 Å². The van der Waals surface area contributed by atoms with Gasteiger partial charge in [0.05, 0.1) is 5.60 Å². The van der Waals surface area contributed by atoms with Crippen molar-refractivity contribution in [2.75, 3.05) is 13.6 Å². The Morgan fingerprint density at radius 3 is 2.62 bits per heavy atom. The van der Waals surface area contributed by atoms with Crippen molar-refractivity contribution >= 4 is 5.91 Å². The van der Waals surface area contributed by atoms with Crippen molar-refractivity contribution in [3.8, 4) is 0 Å². The molecule has 1 fully saturated rings. The molecule has 1 aliphatic carbocycles. The molecule has 0 heterocycles. The minimum atomic E-state index is -0.645. The van der Waals surface area contributed by atoms with E-state index in [4.69, 9.17) is 0 Å². The zero-order valence-electron chi connectivity index (χ0n) is 8.12. The number of amides is 1. The lowest BCUT2D eigenvalue weighted by atomic mass is 10.0. The molecule has 3 heteroatoms. The maximum absolute atomic E-state index is 11.1. The Morgan fingerprint density at radius 1 is 1.62 bits per heavy atom. The summed E-state index contributed by atoms with van der Waals surface area (Å²) in [7, 11) is 1.69. The van der Waals surface area contributed by atoms with Crippen LogP contribution in [0.5, 0.6) is 0 Å². The van der Waals surface area contributed by atoms with E-state index in [1.165, 1.54) is 11.0 Å². The second kappa shape index (κ2) is 3.92. The molecule has 74 valence electrons. The highest BCUT2D eigenvalue weighted by molar-refractivity contribution is 5.86. The maximum atomic E-state index is 11.1. The summed E-state index contributed by atoms with van der Waals surface area (Å²) in [5.74, 6) is -0.125. The summed E-state index contributed by atoms with van der Waals surface area (Å²) >= 11 is 0. The Bertz CT molecular complexity index is 207. The van der Waals surface area contributed by atoms with Gasteiger partial charge in [0, 0.05) is 13.6 Å². The number of hydrogen-bond acceptors (Lipinski definition) is 2. The molecule has 0 spiro atoms. The third kappa shape index (κ3) is 2.56. The zero-order chi connectivity index (χ0) is 9.90. The molecule has 3 nitrogen and oxygen atoms in total. The van der Waals surface area contributed by atoms with Gasteiger partial charge < -0.3 is 10.0 Å². The van der Waals surface area contributed by atoms with Crippen LogP contribution < -0.4 is 0 Å². The fourth-order valence-electron chi connectivity index (χ4n) is 1.87. The predicted octanol–water partition coefficient (Wildman–Crippen LogP) is 0.936. The highest BCUT2D eigenvalue weighted by Crippen LogP contribution is 2.29. The van der Waals surface area contributed by atoms with Crippen LogP contribution in [0.15, 0.2) is 12.7 Å². The zero-order valence-corrected chi connectivity index (χ0v) is 8.12. The van der Waals surface area contributed by atoms with Gasteiger partial charge >= 0.3 is 0 Å². The molecular formula is C10H17NO2. The van der Waals surface area contributed by atoms with E-state index >= 15 is 0 Å². The van der Waals surface area contributed by atoms with E-state index in [0.717, 1.165) is 25.7 Å². The van der Waals surface area contributed by atoms with Crippen LogP contribution in [0.4, 0.5) is 0 Å². The lowest BCUT2D eigenvalue weighted by molar-refractivity contribution is -0.127. The van der Waals surface area contributed by atoms with Crippen molar-refractivity contribution in [1.82, 2.24) is 4.90 Å². The van der Waals surface area contributed by atoms with Crippen LogP contribution >= 0.6 is 0 Å². The largest absolute Gasteiger partial charge is 0.388 e. The minimum absolute atomic E-state index is 0.125. The molecule has 0 aromatic carbocycles. The summed E-state index contributed by atoms with van der Waals surface area (Å²) in [6.07, 6.45) is 5.01. The van der Waals surface area contributed by atoms with E-state index in [1.807, 2.05) is 0 Å². The number of nitrogens with zero attached hydrogens (tertiary/aromatic N) is 1. The molecule has 0 atom stereocenters.